The SMILES string of the molecule is CSCCC(C)N(C)CC(=O)c1cc(C)ccc1C. The summed E-state index contributed by atoms with van der Waals surface area (Å²) in [5.41, 5.74) is 3.08. The largest absolute Gasteiger partial charge is 0.296 e. The summed E-state index contributed by atoms with van der Waals surface area (Å²) < 4.78 is 0. The number of benzene rings is 1. The van der Waals surface area contributed by atoms with Crippen LogP contribution in [0.5, 0.6) is 0 Å². The molecule has 0 aliphatic heterocycles. The Hall–Kier alpha value is -0.800. The first kappa shape index (κ1) is 16.3. The Morgan fingerprint density at radius 3 is 2.68 bits per heavy atom. The highest BCUT2D eigenvalue weighted by Gasteiger charge is 2.15. The maximum Gasteiger partial charge on any atom is 0.177 e. The van der Waals surface area contributed by atoms with Crippen molar-refractivity contribution in [1.82, 2.24) is 4.90 Å². The quantitative estimate of drug-likeness (QED) is 0.712. The lowest BCUT2D eigenvalue weighted by Crippen LogP contribution is -2.34. The molecule has 1 aromatic carbocycles. The molecule has 0 saturated heterocycles. The van der Waals surface area contributed by atoms with E-state index in [-0.39, 0.29) is 5.78 Å². The van der Waals surface area contributed by atoms with Gasteiger partial charge in [0.25, 0.3) is 0 Å². The Kier molecular flexibility index (Phi) is 6.59. The van der Waals surface area contributed by atoms with E-state index in [1.807, 2.05) is 44.8 Å². The van der Waals surface area contributed by atoms with Crippen LogP contribution in [0.2, 0.25) is 0 Å². The van der Waals surface area contributed by atoms with Crippen molar-refractivity contribution in [3.05, 3.63) is 34.9 Å². The molecule has 0 aromatic heterocycles. The van der Waals surface area contributed by atoms with E-state index in [4.69, 9.17) is 0 Å². The summed E-state index contributed by atoms with van der Waals surface area (Å²) in [7, 11) is 2.04. The van der Waals surface area contributed by atoms with Gasteiger partial charge in [-0.2, -0.15) is 11.8 Å². The van der Waals surface area contributed by atoms with Crippen molar-refractivity contribution >= 4 is 17.5 Å². The third-order valence-corrected chi connectivity index (χ3v) is 4.22. The van der Waals surface area contributed by atoms with Gasteiger partial charge in [0.2, 0.25) is 0 Å². The highest BCUT2D eigenvalue weighted by atomic mass is 32.2. The number of rotatable bonds is 7. The minimum absolute atomic E-state index is 0.222. The molecule has 1 unspecified atom stereocenters. The zero-order valence-corrected chi connectivity index (χ0v) is 13.5. The lowest BCUT2D eigenvalue weighted by Gasteiger charge is -2.24. The van der Waals surface area contributed by atoms with Gasteiger partial charge < -0.3 is 0 Å². The van der Waals surface area contributed by atoms with Crippen molar-refractivity contribution in [2.75, 3.05) is 25.6 Å². The maximum absolute atomic E-state index is 12.4. The van der Waals surface area contributed by atoms with E-state index in [0.29, 0.717) is 12.6 Å². The molecule has 0 fully saturated rings. The highest BCUT2D eigenvalue weighted by molar-refractivity contribution is 7.98. The molecule has 0 spiro atoms. The van der Waals surface area contributed by atoms with Crippen LogP contribution in [0.1, 0.15) is 34.8 Å². The monoisotopic (exact) mass is 279 g/mol. The van der Waals surface area contributed by atoms with Crippen molar-refractivity contribution in [1.29, 1.82) is 0 Å². The molecule has 0 amide bonds. The Bertz CT molecular complexity index is 431. The molecule has 3 heteroatoms. The van der Waals surface area contributed by atoms with E-state index >= 15 is 0 Å². The van der Waals surface area contributed by atoms with Gasteiger partial charge in [-0.15, -0.1) is 0 Å². The minimum atomic E-state index is 0.222. The Morgan fingerprint density at radius 1 is 1.37 bits per heavy atom. The van der Waals surface area contributed by atoms with Crippen molar-refractivity contribution in [2.45, 2.75) is 33.2 Å². The standard InChI is InChI=1S/C16H25NOS/c1-12-6-7-13(2)15(10-12)16(18)11-17(4)14(3)8-9-19-5/h6-7,10,14H,8-9,11H2,1-5H3. The van der Waals surface area contributed by atoms with Crippen LogP contribution >= 0.6 is 11.8 Å². The molecule has 0 radical (unpaired) electrons. The van der Waals surface area contributed by atoms with E-state index in [2.05, 4.69) is 24.1 Å². The van der Waals surface area contributed by atoms with Crippen LogP contribution < -0.4 is 0 Å². The summed E-state index contributed by atoms with van der Waals surface area (Å²) in [4.78, 5) is 14.5. The minimum Gasteiger partial charge on any atom is -0.296 e. The molecule has 0 saturated carbocycles. The van der Waals surface area contributed by atoms with E-state index in [0.717, 1.165) is 28.9 Å². The van der Waals surface area contributed by atoms with Crippen molar-refractivity contribution in [3.63, 3.8) is 0 Å². The van der Waals surface area contributed by atoms with Crippen LogP contribution in [0.4, 0.5) is 0 Å². The predicted octanol–water partition coefficient (Wildman–Crippen LogP) is 3.56. The molecular weight excluding hydrogens is 254 g/mol. The van der Waals surface area contributed by atoms with E-state index < -0.39 is 0 Å². The fraction of sp³-hybridized carbons (Fsp3) is 0.562. The molecule has 1 aromatic rings. The zero-order chi connectivity index (χ0) is 14.4. The van der Waals surface area contributed by atoms with Crippen LogP contribution in [0, 0.1) is 13.8 Å². The van der Waals surface area contributed by atoms with E-state index in [1.165, 1.54) is 0 Å². The fourth-order valence-corrected chi connectivity index (χ4v) is 2.59. The van der Waals surface area contributed by atoms with E-state index in [9.17, 15) is 4.79 Å². The Labute approximate surface area is 121 Å². The second-order valence-corrected chi connectivity index (χ2v) is 6.27. The number of thioether (sulfide) groups is 1. The molecular formula is C16H25NOS. The maximum atomic E-state index is 12.4. The average molecular weight is 279 g/mol. The molecule has 2 nitrogen and oxygen atoms in total. The third kappa shape index (κ3) is 5.00. The Balaban J connectivity index is 2.66. The summed E-state index contributed by atoms with van der Waals surface area (Å²) in [6.07, 6.45) is 3.24. The first-order valence-corrected chi connectivity index (χ1v) is 8.14. The number of aryl methyl sites for hydroxylation is 2. The number of ketones is 1. The van der Waals surface area contributed by atoms with Gasteiger partial charge in [-0.3, -0.25) is 9.69 Å². The number of hydrogen-bond donors (Lipinski definition) is 0. The first-order chi connectivity index (χ1) is 8.95. The summed E-state index contributed by atoms with van der Waals surface area (Å²) in [6, 6.07) is 6.52. The number of carbonyl (C=O) groups excluding carboxylic acids is 1. The van der Waals surface area contributed by atoms with Crippen molar-refractivity contribution < 1.29 is 4.79 Å². The summed E-state index contributed by atoms with van der Waals surface area (Å²) in [5, 5.41) is 0. The molecule has 0 heterocycles. The van der Waals surface area contributed by atoms with Crippen LogP contribution in [0.25, 0.3) is 0 Å². The lowest BCUT2D eigenvalue weighted by molar-refractivity contribution is 0.0923. The van der Waals surface area contributed by atoms with Crippen LogP contribution in [0.15, 0.2) is 18.2 Å². The number of likely N-dealkylation sites (N-methyl/N-ethyl adjacent to an activating group) is 1. The zero-order valence-electron chi connectivity index (χ0n) is 12.7. The molecule has 1 atom stereocenters. The predicted molar refractivity (Wildman–Crippen MR) is 85.3 cm³/mol. The number of carbonyl (C=O) groups is 1. The van der Waals surface area contributed by atoms with Gasteiger partial charge in [0.15, 0.2) is 5.78 Å². The smallest absolute Gasteiger partial charge is 0.177 e. The van der Waals surface area contributed by atoms with Gasteiger partial charge in [-0.1, -0.05) is 17.7 Å². The molecule has 106 valence electrons. The topological polar surface area (TPSA) is 20.3 Å². The summed E-state index contributed by atoms with van der Waals surface area (Å²) >= 11 is 1.86. The average Bonchev–Trinajstić information content (AvgIpc) is 2.38. The van der Waals surface area contributed by atoms with Crippen LogP contribution in [0.3, 0.4) is 0 Å². The molecule has 0 N–H and O–H groups in total. The van der Waals surface area contributed by atoms with Crippen LogP contribution in [-0.4, -0.2) is 42.3 Å². The first-order valence-electron chi connectivity index (χ1n) is 6.75. The number of nitrogens with zero attached hydrogens (tertiary/aromatic N) is 1. The summed E-state index contributed by atoms with van der Waals surface area (Å²) in [6.45, 7) is 6.72. The van der Waals surface area contributed by atoms with Crippen LogP contribution in [-0.2, 0) is 0 Å². The van der Waals surface area contributed by atoms with Gasteiger partial charge in [0.05, 0.1) is 6.54 Å². The molecule has 0 aliphatic carbocycles. The van der Waals surface area contributed by atoms with Gasteiger partial charge in [0, 0.05) is 11.6 Å². The number of hydrogen-bond acceptors (Lipinski definition) is 3. The molecule has 1 rings (SSSR count). The molecule has 0 aliphatic rings. The molecule has 0 bridgehead atoms. The van der Waals surface area contributed by atoms with Gasteiger partial charge in [-0.05, 0) is 57.9 Å². The Morgan fingerprint density at radius 2 is 2.05 bits per heavy atom. The van der Waals surface area contributed by atoms with Gasteiger partial charge in [-0.25, -0.2) is 0 Å². The molecule has 19 heavy (non-hydrogen) atoms. The highest BCUT2D eigenvalue weighted by Crippen LogP contribution is 2.13. The van der Waals surface area contributed by atoms with Crippen molar-refractivity contribution in [2.24, 2.45) is 0 Å². The van der Waals surface area contributed by atoms with Gasteiger partial charge in [0.1, 0.15) is 0 Å². The van der Waals surface area contributed by atoms with E-state index in [1.54, 1.807) is 0 Å². The van der Waals surface area contributed by atoms with Crippen molar-refractivity contribution in [3.8, 4) is 0 Å². The third-order valence-electron chi connectivity index (χ3n) is 3.58. The fourth-order valence-electron chi connectivity index (χ4n) is 2.01. The second kappa shape index (κ2) is 7.71. The van der Waals surface area contributed by atoms with Gasteiger partial charge >= 0.3 is 0 Å². The normalized spacial score (nSPS) is 12.7. The number of Topliss-reactive ketones (excluding diaryl/α,β-unsaturated/α-hetero) is 1. The summed E-state index contributed by atoms with van der Waals surface area (Å²) in [5.74, 6) is 1.36. The lowest BCUT2D eigenvalue weighted by atomic mass is 10.0. The second-order valence-electron chi connectivity index (χ2n) is 5.29.